The molecule has 2 aromatic heterocycles. The maximum atomic E-state index is 13.2. The van der Waals surface area contributed by atoms with Gasteiger partial charge in [-0.2, -0.15) is 9.61 Å². The predicted molar refractivity (Wildman–Crippen MR) is 109 cm³/mol. The second kappa shape index (κ2) is 7.34. The molecule has 0 radical (unpaired) electrons. The topological polar surface area (TPSA) is 80.5 Å². The van der Waals surface area contributed by atoms with Gasteiger partial charge in [0.1, 0.15) is 5.82 Å². The Bertz CT molecular complexity index is 1250. The number of halogens is 1. The summed E-state index contributed by atoms with van der Waals surface area (Å²) in [5, 5.41) is 13.3. The van der Waals surface area contributed by atoms with Gasteiger partial charge in [-0.25, -0.2) is 4.39 Å². The van der Waals surface area contributed by atoms with Crippen LogP contribution in [0.15, 0.2) is 65.8 Å². The molecule has 5 rings (SSSR count). The molecule has 30 heavy (non-hydrogen) atoms. The highest BCUT2D eigenvalue weighted by Gasteiger charge is 2.34. The Morgan fingerprint density at radius 2 is 1.57 bits per heavy atom. The van der Waals surface area contributed by atoms with E-state index in [1.165, 1.54) is 28.8 Å². The lowest BCUT2D eigenvalue weighted by Gasteiger charge is -2.12. The maximum absolute atomic E-state index is 13.2. The molecule has 0 saturated heterocycles. The third kappa shape index (κ3) is 3.13. The molecule has 9 heteroatoms. The van der Waals surface area contributed by atoms with Crippen LogP contribution in [0.4, 0.5) is 4.39 Å². The summed E-state index contributed by atoms with van der Waals surface area (Å²) in [5.74, 6) is -0.416. The molecular formula is C21H14FN5O2S. The number of nitrogens with zero attached hydrogens (tertiary/aromatic N) is 5. The molecule has 0 fully saturated rings. The quantitative estimate of drug-likeness (QED) is 0.365. The predicted octanol–water partition coefficient (Wildman–Crippen LogP) is 3.32. The van der Waals surface area contributed by atoms with E-state index in [4.69, 9.17) is 0 Å². The monoisotopic (exact) mass is 419 g/mol. The van der Waals surface area contributed by atoms with Gasteiger partial charge in [-0.1, -0.05) is 23.9 Å². The Kier molecular flexibility index (Phi) is 4.51. The number of carbonyl (C=O) groups excluding carboxylic acids is 2. The van der Waals surface area contributed by atoms with Crippen LogP contribution in [0.5, 0.6) is 0 Å². The average molecular weight is 419 g/mol. The molecule has 0 spiro atoms. The van der Waals surface area contributed by atoms with E-state index in [0.29, 0.717) is 33.4 Å². The molecule has 1 aliphatic heterocycles. The first kappa shape index (κ1) is 18.4. The zero-order valence-electron chi connectivity index (χ0n) is 15.5. The molecule has 7 nitrogen and oxygen atoms in total. The van der Waals surface area contributed by atoms with E-state index in [1.807, 2.05) is 0 Å². The van der Waals surface area contributed by atoms with Crippen LogP contribution in [0.25, 0.3) is 16.9 Å². The lowest BCUT2D eigenvalue weighted by Crippen LogP contribution is -2.31. The van der Waals surface area contributed by atoms with E-state index in [9.17, 15) is 14.0 Å². The smallest absolute Gasteiger partial charge is 0.261 e. The van der Waals surface area contributed by atoms with Crippen molar-refractivity contribution in [1.82, 2.24) is 24.7 Å². The number of hydrogen-bond acceptors (Lipinski definition) is 6. The van der Waals surface area contributed by atoms with Crippen molar-refractivity contribution in [2.45, 2.75) is 5.16 Å². The molecule has 0 saturated carbocycles. The van der Waals surface area contributed by atoms with Crippen LogP contribution >= 0.6 is 11.8 Å². The SMILES string of the molecule is O=C1c2ccccc2C(=O)N1CCSc1nnc2ccc(-c3ccc(F)cc3)nn12. The number of rotatable bonds is 5. The Morgan fingerprint density at radius 3 is 2.27 bits per heavy atom. The van der Waals surface area contributed by atoms with Crippen molar-refractivity contribution in [2.24, 2.45) is 0 Å². The minimum atomic E-state index is -0.312. The summed E-state index contributed by atoms with van der Waals surface area (Å²) in [4.78, 5) is 26.2. The fourth-order valence-electron chi connectivity index (χ4n) is 3.30. The first-order chi connectivity index (χ1) is 14.6. The van der Waals surface area contributed by atoms with Gasteiger partial charge in [0.15, 0.2) is 5.65 Å². The average Bonchev–Trinajstić information content (AvgIpc) is 3.28. The van der Waals surface area contributed by atoms with E-state index in [-0.39, 0.29) is 24.2 Å². The third-order valence-electron chi connectivity index (χ3n) is 4.80. The third-order valence-corrected chi connectivity index (χ3v) is 5.70. The standard InChI is InChI=1S/C21H14FN5O2S/c22-14-7-5-13(6-8-14)17-9-10-18-23-24-21(27(18)25-17)30-12-11-26-19(28)15-3-1-2-4-16(15)20(26)29/h1-10H,11-12H2. The highest BCUT2D eigenvalue weighted by Crippen LogP contribution is 2.24. The maximum Gasteiger partial charge on any atom is 0.261 e. The minimum Gasteiger partial charge on any atom is -0.273 e. The summed E-state index contributed by atoms with van der Waals surface area (Å²) in [7, 11) is 0. The van der Waals surface area contributed by atoms with Crippen molar-refractivity contribution >= 4 is 29.2 Å². The summed E-state index contributed by atoms with van der Waals surface area (Å²) in [6, 6.07) is 16.5. The summed E-state index contributed by atoms with van der Waals surface area (Å²) in [6.45, 7) is 0.254. The zero-order chi connectivity index (χ0) is 20.7. The lowest BCUT2D eigenvalue weighted by atomic mass is 10.1. The molecule has 3 heterocycles. The number of hydrogen-bond donors (Lipinski definition) is 0. The molecule has 148 valence electrons. The van der Waals surface area contributed by atoms with Crippen LogP contribution in [0.1, 0.15) is 20.7 Å². The highest BCUT2D eigenvalue weighted by molar-refractivity contribution is 7.99. The van der Waals surface area contributed by atoms with E-state index in [2.05, 4.69) is 15.3 Å². The summed E-state index contributed by atoms with van der Waals surface area (Å²) in [5.41, 5.74) is 2.87. The molecule has 0 unspecified atom stereocenters. The van der Waals surface area contributed by atoms with Gasteiger partial charge in [-0.15, -0.1) is 10.2 Å². The molecular weight excluding hydrogens is 405 g/mol. The van der Waals surface area contributed by atoms with Gasteiger partial charge in [-0.05, 0) is 48.5 Å². The zero-order valence-corrected chi connectivity index (χ0v) is 16.3. The van der Waals surface area contributed by atoms with E-state index >= 15 is 0 Å². The first-order valence-corrected chi connectivity index (χ1v) is 10.2. The van der Waals surface area contributed by atoms with Crippen LogP contribution < -0.4 is 0 Å². The fourth-order valence-corrected chi connectivity index (χ4v) is 4.12. The van der Waals surface area contributed by atoms with Crippen molar-refractivity contribution in [3.05, 3.63) is 77.6 Å². The fraction of sp³-hybridized carbons (Fsp3) is 0.0952. The molecule has 0 N–H and O–H groups in total. The van der Waals surface area contributed by atoms with Gasteiger partial charge in [0.25, 0.3) is 11.8 Å². The van der Waals surface area contributed by atoms with Crippen molar-refractivity contribution in [3.8, 4) is 11.3 Å². The molecule has 4 aromatic rings. The Hall–Kier alpha value is -3.59. The summed E-state index contributed by atoms with van der Waals surface area (Å²) in [6.07, 6.45) is 0. The second-order valence-electron chi connectivity index (χ2n) is 6.63. The van der Waals surface area contributed by atoms with Crippen LogP contribution in [-0.4, -0.2) is 48.8 Å². The summed E-state index contributed by atoms with van der Waals surface area (Å²) >= 11 is 1.35. The Balaban J connectivity index is 1.33. The van der Waals surface area contributed by atoms with Crippen molar-refractivity contribution in [1.29, 1.82) is 0 Å². The van der Waals surface area contributed by atoms with E-state index < -0.39 is 0 Å². The first-order valence-electron chi connectivity index (χ1n) is 9.18. The van der Waals surface area contributed by atoms with Gasteiger partial charge in [0.05, 0.1) is 16.8 Å². The Labute approximate surface area is 174 Å². The number of carbonyl (C=O) groups is 2. The molecule has 0 bridgehead atoms. The van der Waals surface area contributed by atoms with Crippen LogP contribution in [0.3, 0.4) is 0 Å². The molecule has 0 atom stereocenters. The molecule has 2 amide bonds. The largest absolute Gasteiger partial charge is 0.273 e. The lowest BCUT2D eigenvalue weighted by molar-refractivity contribution is 0.0664. The van der Waals surface area contributed by atoms with Crippen LogP contribution in [-0.2, 0) is 0 Å². The normalized spacial score (nSPS) is 13.3. The Morgan fingerprint density at radius 1 is 0.867 bits per heavy atom. The second-order valence-corrected chi connectivity index (χ2v) is 7.70. The summed E-state index contributed by atoms with van der Waals surface area (Å²) < 4.78 is 14.8. The number of fused-ring (bicyclic) bond motifs is 2. The van der Waals surface area contributed by atoms with E-state index in [1.54, 1.807) is 53.0 Å². The number of benzene rings is 2. The number of amides is 2. The van der Waals surface area contributed by atoms with E-state index in [0.717, 1.165) is 5.56 Å². The number of aromatic nitrogens is 4. The van der Waals surface area contributed by atoms with Gasteiger partial charge in [-0.3, -0.25) is 14.5 Å². The van der Waals surface area contributed by atoms with Crippen LogP contribution in [0, 0.1) is 5.82 Å². The van der Waals surface area contributed by atoms with Crippen molar-refractivity contribution in [2.75, 3.05) is 12.3 Å². The molecule has 0 aliphatic carbocycles. The minimum absolute atomic E-state index is 0.254. The number of imide groups is 1. The highest BCUT2D eigenvalue weighted by atomic mass is 32.2. The van der Waals surface area contributed by atoms with Gasteiger partial charge in [0.2, 0.25) is 5.16 Å². The van der Waals surface area contributed by atoms with Gasteiger partial charge < -0.3 is 0 Å². The molecule has 2 aromatic carbocycles. The van der Waals surface area contributed by atoms with Gasteiger partial charge >= 0.3 is 0 Å². The number of thioether (sulfide) groups is 1. The molecule has 1 aliphatic rings. The van der Waals surface area contributed by atoms with Crippen molar-refractivity contribution < 1.29 is 14.0 Å². The van der Waals surface area contributed by atoms with Gasteiger partial charge in [0, 0.05) is 17.9 Å². The van der Waals surface area contributed by atoms with Crippen LogP contribution in [0.2, 0.25) is 0 Å². The van der Waals surface area contributed by atoms with Crippen molar-refractivity contribution in [3.63, 3.8) is 0 Å².